The van der Waals surface area contributed by atoms with Crippen molar-refractivity contribution in [3.63, 3.8) is 0 Å². The predicted octanol–water partition coefficient (Wildman–Crippen LogP) is -0.124. The highest BCUT2D eigenvalue weighted by atomic mass is 79.9. The molecule has 2 aliphatic rings. The zero-order valence-corrected chi connectivity index (χ0v) is 11.1. The minimum absolute atomic E-state index is 0. The van der Waals surface area contributed by atoms with E-state index in [1.165, 1.54) is 0 Å². The highest BCUT2D eigenvalue weighted by Gasteiger charge is 2.26. The lowest BCUT2D eigenvalue weighted by molar-refractivity contribution is -0.138. The second-order valence-electron chi connectivity index (χ2n) is 3.23. The summed E-state index contributed by atoms with van der Waals surface area (Å²) in [5.74, 6) is 4.10. The molecule has 17 heavy (non-hydrogen) atoms. The van der Waals surface area contributed by atoms with Crippen molar-refractivity contribution in [3.8, 4) is 0 Å². The molecule has 2 saturated heterocycles. The number of amides is 4. The van der Waals surface area contributed by atoms with Crippen LogP contribution in [-0.2, 0) is 19.2 Å². The van der Waals surface area contributed by atoms with Gasteiger partial charge in [-0.05, 0) is 0 Å². The summed E-state index contributed by atoms with van der Waals surface area (Å²) in [6.07, 6.45) is 1.25. The molecule has 9 heteroatoms. The third-order valence-corrected chi connectivity index (χ3v) is 2.87. The van der Waals surface area contributed by atoms with Gasteiger partial charge in [0.2, 0.25) is 23.6 Å². The first-order valence-corrected chi connectivity index (χ1v) is 5.26. The molecule has 2 aliphatic heterocycles. The van der Waals surface area contributed by atoms with Gasteiger partial charge in [0.25, 0.3) is 0 Å². The van der Waals surface area contributed by atoms with Crippen LogP contribution in [0.4, 0.5) is 0 Å². The normalized spacial score (nSPS) is 19.2. The van der Waals surface area contributed by atoms with Crippen molar-refractivity contribution in [3.05, 3.63) is 0 Å². The van der Waals surface area contributed by atoms with Crippen LogP contribution in [0.15, 0.2) is 0 Å². The number of nitrogens with two attached hydrogens (primary N) is 1. The molecule has 2 rings (SSSR count). The fraction of sp³-hybridized carbons (Fsp3) is 0.500. The summed E-state index contributed by atoms with van der Waals surface area (Å²) in [4.78, 5) is 41.6. The number of carbonyl (C=O) groups is 4. The van der Waals surface area contributed by atoms with Gasteiger partial charge in [-0.1, -0.05) is 0 Å². The number of hydrazine groups is 1. The van der Waals surface area contributed by atoms with Crippen molar-refractivity contribution in [2.45, 2.75) is 25.7 Å². The summed E-state index contributed by atoms with van der Waals surface area (Å²) >= 11 is 2.80. The number of carbonyl (C=O) groups excluding carboxylic acids is 4. The van der Waals surface area contributed by atoms with Crippen molar-refractivity contribution in [1.29, 1.82) is 0 Å². The lowest BCUT2D eigenvalue weighted by Crippen LogP contribution is -2.35. The average Bonchev–Trinajstić information content (AvgIpc) is 2.70. The van der Waals surface area contributed by atoms with Gasteiger partial charge in [0.05, 0.1) is 16.1 Å². The van der Waals surface area contributed by atoms with Crippen molar-refractivity contribution in [2.75, 3.05) is 0 Å². The van der Waals surface area contributed by atoms with E-state index in [-0.39, 0.29) is 48.9 Å². The van der Waals surface area contributed by atoms with Gasteiger partial charge in [0.1, 0.15) is 0 Å². The first-order valence-electron chi connectivity index (χ1n) is 4.55. The van der Waals surface area contributed by atoms with Gasteiger partial charge in [-0.2, -0.15) is 0 Å². The number of nitrogens with zero attached hydrogens (tertiary/aromatic N) is 2. The molecule has 0 atom stereocenters. The molecule has 0 unspecified atom stereocenters. The molecule has 96 valence electrons. The molecule has 0 aromatic rings. The van der Waals surface area contributed by atoms with E-state index >= 15 is 0 Å². The van der Waals surface area contributed by atoms with E-state index in [1.54, 1.807) is 0 Å². The van der Waals surface area contributed by atoms with Crippen molar-refractivity contribution in [1.82, 2.24) is 8.93 Å². The van der Waals surface area contributed by atoms with Gasteiger partial charge in [0.15, 0.2) is 0 Å². The molecule has 0 bridgehead atoms. The summed E-state index contributed by atoms with van der Waals surface area (Å²) < 4.78 is 0.979. The average molecular weight is 329 g/mol. The standard InChI is InChI=1S/C4H4BrNO2.C4H6N2O2.ClH/c2*5-6-3(7)1-2-4(6)8;/h1-2H2;1-2,5H2;1H. The van der Waals surface area contributed by atoms with Gasteiger partial charge in [-0.3, -0.25) is 19.2 Å². The quantitative estimate of drug-likeness (QED) is 0.289. The van der Waals surface area contributed by atoms with Crippen LogP contribution in [0, 0.1) is 0 Å². The van der Waals surface area contributed by atoms with Gasteiger partial charge in [-0.15, -0.1) is 12.4 Å². The van der Waals surface area contributed by atoms with E-state index in [0.717, 1.165) is 3.93 Å². The Bertz CT molecular complexity index is 297. The molecule has 0 radical (unpaired) electrons. The summed E-state index contributed by atoms with van der Waals surface area (Å²) in [6.45, 7) is 0. The lowest BCUT2D eigenvalue weighted by atomic mass is 10.4. The van der Waals surface area contributed by atoms with E-state index in [2.05, 4.69) is 16.1 Å². The highest BCUT2D eigenvalue weighted by molar-refractivity contribution is 9.08. The fourth-order valence-corrected chi connectivity index (χ4v) is 1.50. The van der Waals surface area contributed by atoms with Crippen LogP contribution in [0.5, 0.6) is 0 Å². The number of halogens is 2. The molecule has 2 fully saturated rings. The first kappa shape index (κ1) is 16.0. The molecule has 0 aromatic carbocycles. The monoisotopic (exact) mass is 327 g/mol. The van der Waals surface area contributed by atoms with Crippen LogP contribution in [0.3, 0.4) is 0 Å². The first-order chi connectivity index (χ1) is 7.43. The molecule has 7 nitrogen and oxygen atoms in total. The van der Waals surface area contributed by atoms with E-state index < -0.39 is 0 Å². The van der Waals surface area contributed by atoms with Crippen LogP contribution >= 0.6 is 28.6 Å². The third-order valence-electron chi connectivity index (χ3n) is 2.08. The van der Waals surface area contributed by atoms with Crippen molar-refractivity contribution in [2.24, 2.45) is 5.84 Å². The minimum Gasteiger partial charge on any atom is -0.274 e. The van der Waals surface area contributed by atoms with Crippen molar-refractivity contribution < 1.29 is 19.2 Å². The number of imide groups is 2. The molecule has 4 amide bonds. The smallest absolute Gasteiger partial charge is 0.244 e. The molecule has 0 saturated carbocycles. The maximum absolute atomic E-state index is 10.4. The van der Waals surface area contributed by atoms with E-state index in [0.29, 0.717) is 17.9 Å². The SMILES string of the molecule is Cl.NN1C(=O)CCC1=O.O=C1CCC(=O)N1Br. The molecule has 2 N–H and O–H groups in total. The number of rotatable bonds is 0. The zero-order valence-electron chi connectivity index (χ0n) is 8.72. The van der Waals surface area contributed by atoms with Gasteiger partial charge >= 0.3 is 0 Å². The van der Waals surface area contributed by atoms with Gasteiger partial charge in [0, 0.05) is 25.7 Å². The fourth-order valence-electron chi connectivity index (χ4n) is 1.14. The molecule has 0 aromatic heterocycles. The van der Waals surface area contributed by atoms with Gasteiger partial charge < -0.3 is 0 Å². The lowest BCUT2D eigenvalue weighted by Gasteiger charge is -2.01. The Morgan fingerprint density at radius 1 is 0.824 bits per heavy atom. The Kier molecular flexibility index (Phi) is 6.29. The third kappa shape index (κ3) is 4.06. The predicted molar refractivity (Wildman–Crippen MR) is 62.5 cm³/mol. The number of hydrogen-bond acceptors (Lipinski definition) is 5. The summed E-state index contributed by atoms with van der Waals surface area (Å²) in [5, 5.41) is 0.667. The van der Waals surface area contributed by atoms with E-state index in [1.807, 2.05) is 0 Å². The minimum atomic E-state index is -0.282. The van der Waals surface area contributed by atoms with Crippen molar-refractivity contribution >= 4 is 52.2 Å². The highest BCUT2D eigenvalue weighted by Crippen LogP contribution is 2.14. The molecular formula is C8H11BrClN3O4. The zero-order chi connectivity index (χ0) is 12.3. The summed E-state index contributed by atoms with van der Waals surface area (Å²) in [5.41, 5.74) is 0. The second-order valence-corrected chi connectivity index (χ2v) is 3.94. The van der Waals surface area contributed by atoms with Gasteiger partial charge in [-0.25, -0.2) is 14.8 Å². The summed E-state index contributed by atoms with van der Waals surface area (Å²) in [7, 11) is 0. The van der Waals surface area contributed by atoms with Crippen LogP contribution < -0.4 is 5.84 Å². The topological polar surface area (TPSA) is 101 Å². The van der Waals surface area contributed by atoms with Crippen LogP contribution in [0.2, 0.25) is 0 Å². The maximum atomic E-state index is 10.4. The molecular weight excluding hydrogens is 317 g/mol. The Hall–Kier alpha value is -0.990. The van der Waals surface area contributed by atoms with E-state index in [4.69, 9.17) is 5.84 Å². The summed E-state index contributed by atoms with van der Waals surface area (Å²) in [6, 6.07) is 0. The van der Waals surface area contributed by atoms with Crippen LogP contribution in [0.25, 0.3) is 0 Å². The largest absolute Gasteiger partial charge is 0.274 e. The Morgan fingerprint density at radius 3 is 1.24 bits per heavy atom. The van der Waals surface area contributed by atoms with Crippen LogP contribution in [0.1, 0.15) is 25.7 Å². The second kappa shape index (κ2) is 6.67. The Balaban J connectivity index is 0.000000284. The number of hydrogen-bond donors (Lipinski definition) is 1. The molecule has 2 heterocycles. The molecule has 0 aliphatic carbocycles. The van der Waals surface area contributed by atoms with E-state index in [9.17, 15) is 19.2 Å². The molecule has 0 spiro atoms. The Morgan fingerprint density at radius 2 is 1.12 bits per heavy atom. The maximum Gasteiger partial charge on any atom is 0.244 e. The van der Waals surface area contributed by atoms with Crippen LogP contribution in [-0.4, -0.2) is 32.6 Å². The Labute approximate surface area is 112 Å².